The minimum absolute atomic E-state index is 0.0386. The second-order valence-corrected chi connectivity index (χ2v) is 11.4. The van der Waals surface area contributed by atoms with Gasteiger partial charge in [0.25, 0.3) is 0 Å². The maximum atomic E-state index is 12.3. The van der Waals surface area contributed by atoms with Crippen molar-refractivity contribution in [3.63, 3.8) is 0 Å². The first kappa shape index (κ1) is 25.7. The first-order chi connectivity index (χ1) is 15.1. The van der Waals surface area contributed by atoms with Gasteiger partial charge in [0.05, 0.1) is 5.60 Å². The Labute approximate surface area is 197 Å². The van der Waals surface area contributed by atoms with Crippen LogP contribution in [0.2, 0.25) is 0 Å². The Bertz CT molecular complexity index is 834. The molecule has 0 N–H and O–H groups in total. The number of hydrogen-bond donors (Lipinski definition) is 0. The summed E-state index contributed by atoms with van der Waals surface area (Å²) in [6.07, 6.45) is 3.03. The molecule has 0 aromatic heterocycles. The molecule has 7 heteroatoms. The first-order valence-corrected chi connectivity index (χ1v) is 12.0. The van der Waals surface area contributed by atoms with E-state index in [4.69, 9.17) is 18.9 Å². The van der Waals surface area contributed by atoms with E-state index in [1.54, 1.807) is 6.08 Å². The quantitative estimate of drug-likeness (QED) is 0.347. The van der Waals surface area contributed by atoms with Crippen LogP contribution in [-0.4, -0.2) is 47.4 Å². The fourth-order valence-corrected chi connectivity index (χ4v) is 7.53. The molecule has 0 aromatic rings. The Morgan fingerprint density at radius 2 is 1.45 bits per heavy atom. The molecule has 7 nitrogen and oxygen atoms in total. The van der Waals surface area contributed by atoms with Gasteiger partial charge in [-0.1, -0.05) is 26.8 Å². The number of rotatable bonds is 4. The predicted molar refractivity (Wildman–Crippen MR) is 122 cm³/mol. The molecular weight excluding hydrogens is 424 g/mol. The molecule has 1 heterocycles. The van der Waals surface area contributed by atoms with Gasteiger partial charge in [-0.05, 0) is 50.9 Å². The van der Waals surface area contributed by atoms with Crippen LogP contribution in [0.5, 0.6) is 0 Å². The van der Waals surface area contributed by atoms with E-state index < -0.39 is 40.8 Å². The molecule has 0 radical (unpaired) electrons. The zero-order valence-electron chi connectivity index (χ0n) is 21.4. The van der Waals surface area contributed by atoms with Gasteiger partial charge in [-0.15, -0.1) is 6.58 Å². The van der Waals surface area contributed by atoms with Gasteiger partial charge in [0.2, 0.25) is 0 Å². The van der Waals surface area contributed by atoms with Crippen LogP contribution in [-0.2, 0) is 33.3 Å². The van der Waals surface area contributed by atoms with Gasteiger partial charge in [-0.2, -0.15) is 0 Å². The molecule has 0 bridgehead atoms. The maximum absolute atomic E-state index is 12.3. The Kier molecular flexibility index (Phi) is 6.55. The second-order valence-electron chi connectivity index (χ2n) is 11.4. The van der Waals surface area contributed by atoms with Crippen LogP contribution in [0.3, 0.4) is 0 Å². The average molecular weight is 465 g/mol. The van der Waals surface area contributed by atoms with Gasteiger partial charge in [-0.3, -0.25) is 14.4 Å². The Morgan fingerprint density at radius 3 is 1.97 bits per heavy atom. The van der Waals surface area contributed by atoms with E-state index >= 15 is 0 Å². The summed E-state index contributed by atoms with van der Waals surface area (Å²) in [4.78, 5) is 36.5. The highest BCUT2D eigenvalue weighted by Crippen LogP contribution is 2.67. The van der Waals surface area contributed by atoms with Crippen molar-refractivity contribution in [2.75, 3.05) is 0 Å². The largest absolute Gasteiger partial charge is 0.462 e. The summed E-state index contributed by atoms with van der Waals surface area (Å²) in [7, 11) is 0. The van der Waals surface area contributed by atoms with Crippen LogP contribution < -0.4 is 0 Å². The number of carbonyl (C=O) groups is 3. The topological polar surface area (TPSA) is 88.1 Å². The molecule has 186 valence electrons. The van der Waals surface area contributed by atoms with Crippen molar-refractivity contribution in [2.45, 2.75) is 111 Å². The minimum Gasteiger partial charge on any atom is -0.462 e. The van der Waals surface area contributed by atoms with Crippen molar-refractivity contribution < 1.29 is 33.3 Å². The third-order valence-electron chi connectivity index (χ3n) is 8.68. The van der Waals surface area contributed by atoms with E-state index in [0.717, 1.165) is 19.3 Å². The smallest absolute Gasteiger partial charge is 0.303 e. The number of fused-ring (bicyclic) bond motifs is 3. The van der Waals surface area contributed by atoms with Crippen molar-refractivity contribution in [1.82, 2.24) is 0 Å². The van der Waals surface area contributed by atoms with Crippen molar-refractivity contribution in [3.8, 4) is 0 Å². The number of esters is 3. The van der Waals surface area contributed by atoms with Crippen molar-refractivity contribution >= 4 is 17.9 Å². The highest BCUT2D eigenvalue weighted by atomic mass is 16.6. The fourth-order valence-electron chi connectivity index (χ4n) is 7.53. The normalized spacial score (nSPS) is 43.9. The Hall–Kier alpha value is -1.89. The third-order valence-corrected chi connectivity index (χ3v) is 8.68. The van der Waals surface area contributed by atoms with E-state index in [0.29, 0.717) is 6.42 Å². The summed E-state index contributed by atoms with van der Waals surface area (Å²) in [6, 6.07) is 0. The Morgan fingerprint density at radius 1 is 0.879 bits per heavy atom. The molecular formula is C26H40O7. The average Bonchev–Trinajstić information content (AvgIpc) is 2.66. The molecule has 0 spiro atoms. The van der Waals surface area contributed by atoms with Crippen molar-refractivity contribution in [1.29, 1.82) is 0 Å². The molecule has 3 rings (SSSR count). The van der Waals surface area contributed by atoms with E-state index in [-0.39, 0.29) is 29.3 Å². The van der Waals surface area contributed by atoms with Crippen LogP contribution >= 0.6 is 0 Å². The summed E-state index contributed by atoms with van der Waals surface area (Å²) in [5.41, 5.74) is -2.30. The zero-order valence-corrected chi connectivity index (χ0v) is 21.4. The van der Waals surface area contributed by atoms with Gasteiger partial charge in [0.15, 0.2) is 6.10 Å². The first-order valence-electron chi connectivity index (χ1n) is 12.0. The van der Waals surface area contributed by atoms with E-state index in [1.807, 2.05) is 13.8 Å². The summed E-state index contributed by atoms with van der Waals surface area (Å²) >= 11 is 0. The lowest BCUT2D eigenvalue weighted by Crippen LogP contribution is -2.75. The highest BCUT2D eigenvalue weighted by molar-refractivity contribution is 5.68. The predicted octanol–water partition coefficient (Wildman–Crippen LogP) is 4.37. The molecule has 3 fully saturated rings. The molecule has 2 saturated carbocycles. The van der Waals surface area contributed by atoms with Gasteiger partial charge in [-0.25, -0.2) is 0 Å². The Balaban J connectivity index is 2.21. The molecule has 1 aliphatic heterocycles. The molecule has 3 aliphatic rings. The summed E-state index contributed by atoms with van der Waals surface area (Å²) in [5.74, 6) is -1.42. The van der Waals surface area contributed by atoms with Gasteiger partial charge in [0.1, 0.15) is 17.8 Å². The highest BCUT2D eigenvalue weighted by Gasteiger charge is 2.72. The van der Waals surface area contributed by atoms with Gasteiger partial charge < -0.3 is 18.9 Å². The summed E-state index contributed by atoms with van der Waals surface area (Å²) in [6.45, 7) is 18.4. The fraction of sp³-hybridized carbons (Fsp3) is 0.808. The monoisotopic (exact) mass is 464 g/mol. The van der Waals surface area contributed by atoms with Crippen LogP contribution in [0.1, 0.15) is 81.1 Å². The lowest BCUT2D eigenvalue weighted by molar-refractivity contribution is -0.329. The molecule has 0 aromatic carbocycles. The van der Waals surface area contributed by atoms with E-state index in [9.17, 15) is 14.4 Å². The van der Waals surface area contributed by atoms with Gasteiger partial charge in [0, 0.05) is 32.1 Å². The minimum atomic E-state index is -0.886. The number of ether oxygens (including phenoxy) is 4. The lowest BCUT2D eigenvalue weighted by atomic mass is 9.42. The third kappa shape index (κ3) is 4.22. The maximum Gasteiger partial charge on any atom is 0.303 e. The summed E-state index contributed by atoms with van der Waals surface area (Å²) in [5, 5.41) is 0. The van der Waals surface area contributed by atoms with Crippen molar-refractivity contribution in [3.05, 3.63) is 12.7 Å². The second kappa shape index (κ2) is 8.40. The van der Waals surface area contributed by atoms with Crippen LogP contribution in [0.25, 0.3) is 0 Å². The molecule has 0 unspecified atom stereocenters. The molecule has 8 atom stereocenters. The van der Waals surface area contributed by atoms with Crippen LogP contribution in [0.4, 0.5) is 0 Å². The number of hydrogen-bond acceptors (Lipinski definition) is 7. The van der Waals surface area contributed by atoms with Crippen molar-refractivity contribution in [2.24, 2.45) is 22.7 Å². The SMILES string of the molecule is C=C[C@@]1(C)CC[C@@H]2[C@@]3(C)CC[C@H](OC(C)=O)C(C)(C)[C@H]3[C@@H](OC(C)=O)[C@@H](OC(C)=O)[C@@]2(C)O1. The lowest BCUT2D eigenvalue weighted by Gasteiger charge is -2.68. The molecule has 0 amide bonds. The van der Waals surface area contributed by atoms with Crippen LogP contribution in [0.15, 0.2) is 12.7 Å². The number of carbonyl (C=O) groups excluding carboxylic acids is 3. The molecule has 2 aliphatic carbocycles. The van der Waals surface area contributed by atoms with Crippen LogP contribution in [0, 0.1) is 22.7 Å². The summed E-state index contributed by atoms with van der Waals surface area (Å²) < 4.78 is 24.4. The molecule has 33 heavy (non-hydrogen) atoms. The molecule has 1 saturated heterocycles. The van der Waals surface area contributed by atoms with E-state index in [1.165, 1.54) is 20.8 Å². The standard InChI is InChI=1S/C26H40O7/c1-10-24(7)13-11-18-25(8)14-12-19(30-15(2)27)23(5,6)21(25)20(31-16(3)28)22(32-17(4)29)26(18,9)33-24/h10,18-22H,1,11-14H2,2-9H3/t18-,19+,20-,21-,22-,24+,25-,26+/m1/s1. The van der Waals surface area contributed by atoms with E-state index in [2.05, 4.69) is 27.4 Å². The zero-order chi connectivity index (χ0) is 25.0. The van der Waals surface area contributed by atoms with Gasteiger partial charge >= 0.3 is 17.9 Å².